The molecule has 2 heterocycles. The van der Waals surface area contributed by atoms with Crippen molar-refractivity contribution in [3.63, 3.8) is 0 Å². The van der Waals surface area contributed by atoms with Gasteiger partial charge in [-0.25, -0.2) is 4.79 Å². The normalized spacial score (nSPS) is 19.8. The van der Waals surface area contributed by atoms with Crippen LogP contribution in [0.3, 0.4) is 0 Å². The van der Waals surface area contributed by atoms with Gasteiger partial charge in [0, 0.05) is 18.1 Å². The molecule has 1 aromatic heterocycles. The van der Waals surface area contributed by atoms with E-state index in [4.69, 9.17) is 0 Å². The molecule has 0 saturated carbocycles. The first-order valence-electron chi connectivity index (χ1n) is 6.17. The summed E-state index contributed by atoms with van der Waals surface area (Å²) in [6, 6.07) is 4.37. The van der Waals surface area contributed by atoms with Gasteiger partial charge in [-0.1, -0.05) is 15.9 Å². The minimum absolute atomic E-state index is 0.0832. The number of imidazole rings is 1. The molecule has 0 amide bonds. The van der Waals surface area contributed by atoms with Crippen LogP contribution in [0.4, 0.5) is 0 Å². The van der Waals surface area contributed by atoms with E-state index in [1.54, 1.807) is 4.57 Å². The number of aromatic nitrogens is 2. The van der Waals surface area contributed by atoms with Gasteiger partial charge in [0.15, 0.2) is 0 Å². The van der Waals surface area contributed by atoms with E-state index in [0.717, 1.165) is 40.6 Å². The summed E-state index contributed by atoms with van der Waals surface area (Å²) in [7, 11) is 1.85. The predicted octanol–water partition coefficient (Wildman–Crippen LogP) is 1.95. The Bertz CT molecular complexity index is 665. The van der Waals surface area contributed by atoms with Crippen molar-refractivity contribution in [1.82, 2.24) is 14.5 Å². The molecule has 1 N–H and O–H groups in total. The summed E-state index contributed by atoms with van der Waals surface area (Å²) in [4.78, 5) is 12.4. The molecule has 96 valence electrons. The lowest BCUT2D eigenvalue weighted by Crippen LogP contribution is -2.27. The molecular formula is C13H16BrN3O. The van der Waals surface area contributed by atoms with Crippen LogP contribution >= 0.6 is 15.9 Å². The van der Waals surface area contributed by atoms with Crippen molar-refractivity contribution < 1.29 is 0 Å². The highest BCUT2D eigenvalue weighted by molar-refractivity contribution is 9.10. The third-order valence-electron chi connectivity index (χ3n) is 3.73. The van der Waals surface area contributed by atoms with E-state index in [-0.39, 0.29) is 11.7 Å². The van der Waals surface area contributed by atoms with Gasteiger partial charge in [-0.3, -0.25) is 9.13 Å². The van der Waals surface area contributed by atoms with Gasteiger partial charge in [0.2, 0.25) is 0 Å². The average Bonchev–Trinajstić information content (AvgIpc) is 2.88. The average molecular weight is 310 g/mol. The van der Waals surface area contributed by atoms with Crippen LogP contribution in [0.2, 0.25) is 0 Å². The predicted molar refractivity (Wildman–Crippen MR) is 76.1 cm³/mol. The highest BCUT2D eigenvalue weighted by Crippen LogP contribution is 2.26. The number of halogens is 1. The first-order chi connectivity index (χ1) is 8.59. The van der Waals surface area contributed by atoms with Crippen LogP contribution in [-0.2, 0) is 7.05 Å². The van der Waals surface area contributed by atoms with Crippen molar-refractivity contribution >= 4 is 27.0 Å². The molecule has 1 aliphatic rings. The molecule has 0 radical (unpaired) electrons. The molecule has 1 atom stereocenters. The number of rotatable bonds is 1. The van der Waals surface area contributed by atoms with E-state index in [9.17, 15) is 4.79 Å². The maximum absolute atomic E-state index is 12.4. The molecule has 4 nitrogen and oxygen atoms in total. The van der Waals surface area contributed by atoms with Gasteiger partial charge in [0.1, 0.15) is 0 Å². The quantitative estimate of drug-likeness (QED) is 0.874. The van der Waals surface area contributed by atoms with E-state index in [1.807, 2.05) is 24.6 Å². The number of hydrogen-bond donors (Lipinski definition) is 1. The lowest BCUT2D eigenvalue weighted by molar-refractivity contribution is 0.535. The summed E-state index contributed by atoms with van der Waals surface area (Å²) in [5.74, 6) is 0. The molecular weight excluding hydrogens is 294 g/mol. The van der Waals surface area contributed by atoms with Crippen molar-refractivity contribution in [2.45, 2.75) is 19.4 Å². The minimum Gasteiger partial charge on any atom is -0.315 e. The van der Waals surface area contributed by atoms with Crippen LogP contribution in [0.5, 0.6) is 0 Å². The Morgan fingerprint density at radius 2 is 2.22 bits per heavy atom. The fourth-order valence-corrected chi connectivity index (χ4v) is 3.47. The van der Waals surface area contributed by atoms with Gasteiger partial charge >= 0.3 is 5.69 Å². The van der Waals surface area contributed by atoms with Crippen molar-refractivity contribution in [1.29, 1.82) is 0 Å². The maximum Gasteiger partial charge on any atom is 0.329 e. The van der Waals surface area contributed by atoms with Gasteiger partial charge in [-0.05, 0) is 37.6 Å². The number of aryl methyl sites for hydroxylation is 2. The molecule has 18 heavy (non-hydrogen) atoms. The fourth-order valence-electron chi connectivity index (χ4n) is 2.91. The Kier molecular flexibility index (Phi) is 2.83. The van der Waals surface area contributed by atoms with Gasteiger partial charge in [0.05, 0.1) is 17.1 Å². The molecule has 1 aliphatic heterocycles. The summed E-state index contributed by atoms with van der Waals surface area (Å²) in [5, 5.41) is 3.32. The second-order valence-electron chi connectivity index (χ2n) is 4.95. The lowest BCUT2D eigenvalue weighted by Gasteiger charge is -2.10. The number of fused-ring (bicyclic) bond motifs is 1. The standard InChI is InChI=1S/C13H16BrN3O/c1-8-5-9(14)6-11-12(8)16(2)13(18)17(11)10-3-4-15-7-10/h5-6,10,15H,3-4,7H2,1-2H3. The van der Waals surface area contributed by atoms with Crippen LogP contribution in [0.25, 0.3) is 11.0 Å². The summed E-state index contributed by atoms with van der Waals surface area (Å²) in [5.41, 5.74) is 3.28. The van der Waals surface area contributed by atoms with E-state index in [2.05, 4.69) is 27.3 Å². The zero-order chi connectivity index (χ0) is 12.9. The second-order valence-corrected chi connectivity index (χ2v) is 5.86. The first-order valence-corrected chi connectivity index (χ1v) is 6.96. The molecule has 2 aromatic rings. The van der Waals surface area contributed by atoms with Crippen molar-refractivity contribution in [3.8, 4) is 0 Å². The summed E-state index contributed by atoms with van der Waals surface area (Å²) in [6.07, 6.45) is 1.02. The molecule has 5 heteroatoms. The summed E-state index contributed by atoms with van der Waals surface area (Å²) in [6.45, 7) is 3.91. The third kappa shape index (κ3) is 1.65. The van der Waals surface area contributed by atoms with Crippen LogP contribution in [0.1, 0.15) is 18.0 Å². The van der Waals surface area contributed by atoms with Gasteiger partial charge in [-0.15, -0.1) is 0 Å². The first kappa shape index (κ1) is 12.0. The highest BCUT2D eigenvalue weighted by atomic mass is 79.9. The Labute approximate surface area is 114 Å². The smallest absolute Gasteiger partial charge is 0.315 e. The Morgan fingerprint density at radius 3 is 2.89 bits per heavy atom. The molecule has 0 aliphatic carbocycles. The van der Waals surface area contributed by atoms with Gasteiger partial charge < -0.3 is 5.32 Å². The summed E-state index contributed by atoms with van der Waals surface area (Å²) < 4.78 is 4.72. The zero-order valence-corrected chi connectivity index (χ0v) is 12.1. The minimum atomic E-state index is 0.0832. The Hall–Kier alpha value is -1.07. The molecule has 0 spiro atoms. The number of nitrogens with zero attached hydrogens (tertiary/aromatic N) is 2. The van der Waals surface area contributed by atoms with E-state index in [0.29, 0.717) is 0 Å². The monoisotopic (exact) mass is 309 g/mol. The number of benzene rings is 1. The van der Waals surface area contributed by atoms with Crippen molar-refractivity contribution in [3.05, 3.63) is 32.7 Å². The van der Waals surface area contributed by atoms with Crippen molar-refractivity contribution in [2.75, 3.05) is 13.1 Å². The van der Waals surface area contributed by atoms with Gasteiger partial charge in [0.25, 0.3) is 0 Å². The number of hydrogen-bond acceptors (Lipinski definition) is 2. The lowest BCUT2D eigenvalue weighted by atomic mass is 10.2. The maximum atomic E-state index is 12.4. The third-order valence-corrected chi connectivity index (χ3v) is 4.19. The highest BCUT2D eigenvalue weighted by Gasteiger charge is 2.23. The molecule has 1 aromatic carbocycles. The van der Waals surface area contributed by atoms with Crippen LogP contribution < -0.4 is 11.0 Å². The fraction of sp³-hybridized carbons (Fsp3) is 0.462. The molecule has 3 rings (SSSR count). The molecule has 0 bridgehead atoms. The topological polar surface area (TPSA) is 39.0 Å². The van der Waals surface area contributed by atoms with Crippen LogP contribution in [-0.4, -0.2) is 22.2 Å². The van der Waals surface area contributed by atoms with E-state index >= 15 is 0 Å². The largest absolute Gasteiger partial charge is 0.329 e. The van der Waals surface area contributed by atoms with Crippen molar-refractivity contribution in [2.24, 2.45) is 7.05 Å². The molecule has 1 fully saturated rings. The molecule has 1 unspecified atom stereocenters. The molecule has 1 saturated heterocycles. The summed E-state index contributed by atoms with van der Waals surface area (Å²) >= 11 is 3.52. The van der Waals surface area contributed by atoms with Crippen LogP contribution in [0.15, 0.2) is 21.4 Å². The number of nitrogens with one attached hydrogen (secondary N) is 1. The second kappa shape index (κ2) is 4.24. The van der Waals surface area contributed by atoms with Crippen LogP contribution in [0, 0.1) is 6.92 Å². The zero-order valence-electron chi connectivity index (χ0n) is 10.5. The van der Waals surface area contributed by atoms with Gasteiger partial charge in [-0.2, -0.15) is 0 Å². The van der Waals surface area contributed by atoms with E-state index in [1.165, 1.54) is 0 Å². The Balaban J connectivity index is 2.37. The Morgan fingerprint density at radius 1 is 1.44 bits per heavy atom. The van der Waals surface area contributed by atoms with E-state index < -0.39 is 0 Å². The SMILES string of the molecule is Cc1cc(Br)cc2c1n(C)c(=O)n2C1CCNC1.